The topological polar surface area (TPSA) is 88.2 Å². The Morgan fingerprint density at radius 1 is 1.15 bits per heavy atom. The van der Waals surface area contributed by atoms with Crippen LogP contribution in [0.2, 0.25) is 0 Å². The molecule has 1 N–H and O–H groups in total. The highest BCUT2D eigenvalue weighted by Gasteiger charge is 2.30. The molecule has 1 fully saturated rings. The molecule has 40 heavy (non-hydrogen) atoms. The number of benzene rings is 2. The second-order valence-corrected chi connectivity index (χ2v) is 10.6. The molecule has 9 heteroatoms. The summed E-state index contributed by atoms with van der Waals surface area (Å²) in [5, 5.41) is 2.39. The van der Waals surface area contributed by atoms with Gasteiger partial charge in [-0.1, -0.05) is 25.1 Å². The summed E-state index contributed by atoms with van der Waals surface area (Å²) in [7, 11) is 1.82. The Balaban J connectivity index is 1.20. The molecule has 0 radical (unpaired) electrons. The van der Waals surface area contributed by atoms with Gasteiger partial charge < -0.3 is 14.4 Å². The molecular formula is C31H40FN3O5. The SMILES string of the molecule is CCN(CCCCCOc1cccc(C=O)c1CN(C)C1CCC(=O)NC1=O)CCC1OCc2ccc(F)cc21. The van der Waals surface area contributed by atoms with E-state index in [4.69, 9.17) is 9.47 Å². The number of hydrogen-bond donors (Lipinski definition) is 1. The first-order valence-corrected chi connectivity index (χ1v) is 14.3. The molecule has 216 valence electrons. The van der Waals surface area contributed by atoms with Gasteiger partial charge in [0.15, 0.2) is 6.29 Å². The number of carbonyl (C=O) groups excluding carboxylic acids is 3. The summed E-state index contributed by atoms with van der Waals surface area (Å²) in [5.41, 5.74) is 3.35. The molecule has 2 aliphatic rings. The van der Waals surface area contributed by atoms with Crippen molar-refractivity contribution in [2.24, 2.45) is 0 Å². The van der Waals surface area contributed by atoms with Crippen molar-refractivity contribution in [2.75, 3.05) is 33.3 Å². The zero-order valence-electron chi connectivity index (χ0n) is 23.5. The number of rotatable bonds is 15. The zero-order chi connectivity index (χ0) is 28.5. The van der Waals surface area contributed by atoms with E-state index in [2.05, 4.69) is 17.1 Å². The number of imide groups is 1. The molecule has 2 aliphatic heterocycles. The Kier molecular flexibility index (Phi) is 10.8. The van der Waals surface area contributed by atoms with Gasteiger partial charge in [0.05, 0.1) is 25.4 Å². The van der Waals surface area contributed by atoms with E-state index in [0.717, 1.165) is 68.3 Å². The van der Waals surface area contributed by atoms with Crippen molar-refractivity contribution in [3.05, 3.63) is 64.5 Å². The number of ether oxygens (including phenoxy) is 2. The van der Waals surface area contributed by atoms with Crippen LogP contribution in [0.1, 0.15) is 78.6 Å². The molecule has 0 bridgehead atoms. The fourth-order valence-electron chi connectivity index (χ4n) is 5.50. The summed E-state index contributed by atoms with van der Waals surface area (Å²) in [4.78, 5) is 39.8. The predicted octanol–water partition coefficient (Wildman–Crippen LogP) is 4.41. The second kappa shape index (κ2) is 14.5. The second-order valence-electron chi connectivity index (χ2n) is 10.6. The predicted molar refractivity (Wildman–Crippen MR) is 149 cm³/mol. The highest BCUT2D eigenvalue weighted by molar-refractivity contribution is 6.00. The van der Waals surface area contributed by atoms with Crippen LogP contribution < -0.4 is 10.1 Å². The molecule has 2 atom stereocenters. The molecule has 0 aliphatic carbocycles. The van der Waals surface area contributed by atoms with Gasteiger partial charge in [-0.3, -0.25) is 24.6 Å². The van der Waals surface area contributed by atoms with Crippen molar-refractivity contribution in [3.8, 4) is 5.75 Å². The summed E-state index contributed by atoms with van der Waals surface area (Å²) in [6, 6.07) is 9.89. The van der Waals surface area contributed by atoms with E-state index < -0.39 is 6.04 Å². The summed E-state index contributed by atoms with van der Waals surface area (Å²) in [5.74, 6) is -0.123. The van der Waals surface area contributed by atoms with E-state index in [1.807, 2.05) is 24.1 Å². The van der Waals surface area contributed by atoms with Crippen LogP contribution in [0.5, 0.6) is 5.75 Å². The molecule has 0 aromatic heterocycles. The van der Waals surface area contributed by atoms with Gasteiger partial charge in [0, 0.05) is 30.6 Å². The normalized spacial score (nSPS) is 18.7. The Morgan fingerprint density at radius 3 is 2.77 bits per heavy atom. The molecule has 2 aromatic carbocycles. The maximum atomic E-state index is 13.7. The van der Waals surface area contributed by atoms with Crippen LogP contribution in [-0.2, 0) is 27.5 Å². The van der Waals surface area contributed by atoms with E-state index in [9.17, 15) is 18.8 Å². The fraction of sp³-hybridized carbons (Fsp3) is 0.516. The third kappa shape index (κ3) is 7.74. The molecule has 2 amide bonds. The van der Waals surface area contributed by atoms with Crippen molar-refractivity contribution < 1.29 is 28.2 Å². The van der Waals surface area contributed by atoms with Gasteiger partial charge in [-0.25, -0.2) is 4.39 Å². The minimum absolute atomic E-state index is 0.0430. The van der Waals surface area contributed by atoms with Gasteiger partial charge in [-0.2, -0.15) is 0 Å². The lowest BCUT2D eigenvalue weighted by Crippen LogP contribution is -2.51. The lowest BCUT2D eigenvalue weighted by molar-refractivity contribution is -0.137. The minimum Gasteiger partial charge on any atom is -0.493 e. The van der Waals surface area contributed by atoms with Crippen molar-refractivity contribution in [1.29, 1.82) is 0 Å². The summed E-state index contributed by atoms with van der Waals surface area (Å²) in [6.45, 7) is 6.42. The number of hydrogen-bond acceptors (Lipinski definition) is 7. The van der Waals surface area contributed by atoms with Crippen molar-refractivity contribution in [2.45, 2.75) is 70.7 Å². The number of aldehydes is 1. The van der Waals surface area contributed by atoms with Crippen LogP contribution in [0.4, 0.5) is 4.39 Å². The Bertz CT molecular complexity index is 1190. The van der Waals surface area contributed by atoms with Crippen LogP contribution in [-0.4, -0.2) is 67.2 Å². The van der Waals surface area contributed by atoms with Crippen LogP contribution in [0.3, 0.4) is 0 Å². The summed E-state index contributed by atoms with van der Waals surface area (Å²) in [6.07, 6.45) is 5.28. The molecule has 2 heterocycles. The molecule has 2 unspecified atom stereocenters. The Morgan fingerprint density at radius 2 is 2.00 bits per heavy atom. The highest BCUT2D eigenvalue weighted by atomic mass is 19.1. The zero-order valence-corrected chi connectivity index (χ0v) is 23.5. The average Bonchev–Trinajstić information content (AvgIpc) is 3.34. The van der Waals surface area contributed by atoms with Gasteiger partial charge in [0.2, 0.25) is 11.8 Å². The maximum absolute atomic E-state index is 13.7. The van der Waals surface area contributed by atoms with Gasteiger partial charge in [0.25, 0.3) is 0 Å². The van der Waals surface area contributed by atoms with Crippen molar-refractivity contribution in [1.82, 2.24) is 15.1 Å². The molecule has 0 spiro atoms. The quantitative estimate of drug-likeness (QED) is 0.199. The number of nitrogens with one attached hydrogen (secondary N) is 1. The molecule has 1 saturated heterocycles. The summed E-state index contributed by atoms with van der Waals surface area (Å²) < 4.78 is 25.7. The number of likely N-dealkylation sites (N-methyl/N-ethyl adjacent to an activating group) is 1. The molecule has 2 aromatic rings. The van der Waals surface area contributed by atoms with Gasteiger partial charge in [-0.05, 0) is 81.6 Å². The van der Waals surface area contributed by atoms with Gasteiger partial charge in [0.1, 0.15) is 11.6 Å². The van der Waals surface area contributed by atoms with Crippen LogP contribution in [0.15, 0.2) is 36.4 Å². The largest absolute Gasteiger partial charge is 0.493 e. The first kappa shape index (κ1) is 29.8. The number of amides is 2. The number of piperidine rings is 1. The van der Waals surface area contributed by atoms with Crippen LogP contribution in [0, 0.1) is 5.82 Å². The average molecular weight is 554 g/mol. The number of unbranched alkanes of at least 4 members (excludes halogenated alkanes) is 2. The number of carbonyl (C=O) groups is 3. The van der Waals surface area contributed by atoms with E-state index in [0.29, 0.717) is 43.9 Å². The number of halogens is 1. The maximum Gasteiger partial charge on any atom is 0.243 e. The van der Waals surface area contributed by atoms with Crippen LogP contribution in [0.25, 0.3) is 0 Å². The third-order valence-corrected chi connectivity index (χ3v) is 7.87. The lowest BCUT2D eigenvalue weighted by atomic mass is 10.0. The Labute approximate surface area is 235 Å². The fourth-order valence-corrected chi connectivity index (χ4v) is 5.50. The van der Waals surface area contributed by atoms with Crippen LogP contribution >= 0.6 is 0 Å². The standard InChI is InChI=1S/C31H40FN3O5/c1-3-35(16-14-29-25-18-24(32)11-10-23(25)21-40-29)15-5-4-6-17-39-28-9-7-8-22(20-36)26(28)19-34(2)27-12-13-30(37)33-31(27)38/h7-11,18,20,27,29H,3-6,12-17,19,21H2,1-2H3,(H,33,37,38). The lowest BCUT2D eigenvalue weighted by Gasteiger charge is -2.30. The monoisotopic (exact) mass is 553 g/mol. The van der Waals surface area contributed by atoms with E-state index in [1.165, 1.54) is 6.07 Å². The number of fused-ring (bicyclic) bond motifs is 1. The van der Waals surface area contributed by atoms with E-state index >= 15 is 0 Å². The number of nitrogens with zero attached hydrogens (tertiary/aromatic N) is 2. The Hall–Kier alpha value is -3.14. The smallest absolute Gasteiger partial charge is 0.243 e. The van der Waals surface area contributed by atoms with Crippen molar-refractivity contribution >= 4 is 18.1 Å². The summed E-state index contributed by atoms with van der Waals surface area (Å²) >= 11 is 0. The minimum atomic E-state index is -0.428. The molecular weight excluding hydrogens is 513 g/mol. The molecule has 4 rings (SSSR count). The van der Waals surface area contributed by atoms with E-state index in [1.54, 1.807) is 18.2 Å². The highest BCUT2D eigenvalue weighted by Crippen LogP contribution is 2.33. The third-order valence-electron chi connectivity index (χ3n) is 7.87. The van der Waals surface area contributed by atoms with Gasteiger partial charge in [-0.15, -0.1) is 0 Å². The van der Waals surface area contributed by atoms with Crippen molar-refractivity contribution in [3.63, 3.8) is 0 Å². The van der Waals surface area contributed by atoms with E-state index in [-0.39, 0.29) is 23.7 Å². The first-order valence-electron chi connectivity index (χ1n) is 14.3. The molecule has 8 nitrogen and oxygen atoms in total. The first-order chi connectivity index (χ1) is 19.4. The van der Waals surface area contributed by atoms with Gasteiger partial charge >= 0.3 is 0 Å². The molecule has 0 saturated carbocycles.